The minimum Gasteiger partial charge on any atom is -0.478 e. The second-order valence-electron chi connectivity index (χ2n) is 9.39. The number of carbonyl (C=O) groups is 2. The Morgan fingerprint density at radius 2 is 1.77 bits per heavy atom. The number of ketones is 1. The summed E-state index contributed by atoms with van der Waals surface area (Å²) in [6.07, 6.45) is 11.1. The largest absolute Gasteiger partial charge is 0.478 e. The zero-order valence-electron chi connectivity index (χ0n) is 17.6. The maximum Gasteiger partial charge on any atom is 0.335 e. The van der Waals surface area contributed by atoms with Crippen molar-refractivity contribution in [3.05, 3.63) is 35.5 Å². The van der Waals surface area contributed by atoms with Gasteiger partial charge in [-0.05, 0) is 41.6 Å². The first-order valence-electron chi connectivity index (χ1n) is 9.77. The fourth-order valence-electron chi connectivity index (χ4n) is 3.59. The van der Waals surface area contributed by atoms with Gasteiger partial charge in [-0.2, -0.15) is 0 Å². The minimum absolute atomic E-state index is 0.109. The summed E-state index contributed by atoms with van der Waals surface area (Å²) < 4.78 is 0. The molecule has 0 saturated heterocycles. The van der Waals surface area contributed by atoms with Crippen molar-refractivity contribution >= 4 is 11.8 Å². The number of allylic oxidation sites excluding steroid dienone is 4. The number of carboxylic acids is 1. The molecule has 0 aromatic carbocycles. The molecule has 0 aliphatic heterocycles. The molecule has 146 valence electrons. The van der Waals surface area contributed by atoms with Crippen molar-refractivity contribution in [2.45, 2.75) is 74.1 Å². The minimum atomic E-state index is -0.939. The van der Waals surface area contributed by atoms with Crippen molar-refractivity contribution in [2.24, 2.45) is 22.7 Å². The molecule has 0 saturated carbocycles. The van der Waals surface area contributed by atoms with Gasteiger partial charge in [-0.1, -0.05) is 79.2 Å². The third kappa shape index (κ3) is 6.26. The van der Waals surface area contributed by atoms with Gasteiger partial charge < -0.3 is 5.11 Å². The van der Waals surface area contributed by atoms with Crippen molar-refractivity contribution in [1.82, 2.24) is 0 Å². The van der Waals surface area contributed by atoms with Gasteiger partial charge in [-0.3, -0.25) is 4.79 Å². The van der Waals surface area contributed by atoms with Gasteiger partial charge in [0.05, 0.1) is 5.57 Å². The highest BCUT2D eigenvalue weighted by Crippen LogP contribution is 2.37. The van der Waals surface area contributed by atoms with Crippen molar-refractivity contribution < 1.29 is 14.7 Å². The van der Waals surface area contributed by atoms with E-state index in [1.165, 1.54) is 0 Å². The molecular weight excluding hydrogens is 324 g/mol. The van der Waals surface area contributed by atoms with E-state index < -0.39 is 5.97 Å². The van der Waals surface area contributed by atoms with E-state index in [1.54, 1.807) is 18.2 Å². The van der Waals surface area contributed by atoms with Gasteiger partial charge in [-0.25, -0.2) is 4.79 Å². The van der Waals surface area contributed by atoms with Gasteiger partial charge in [0, 0.05) is 5.92 Å². The SMILES string of the molecule is CCCC(C)(C)C(=CCCC(C)(C)C)C(=O)C1C=CC(C(=O)O)=CC1C. The Balaban J connectivity index is 3.11. The first kappa shape index (κ1) is 22.4. The summed E-state index contributed by atoms with van der Waals surface area (Å²) in [6.45, 7) is 15.0. The van der Waals surface area contributed by atoms with Crippen molar-refractivity contribution in [3.63, 3.8) is 0 Å². The van der Waals surface area contributed by atoms with Crippen LogP contribution in [0.25, 0.3) is 0 Å². The topological polar surface area (TPSA) is 54.4 Å². The summed E-state index contributed by atoms with van der Waals surface area (Å²) in [6, 6.07) is 0. The highest BCUT2D eigenvalue weighted by atomic mass is 16.4. The highest BCUT2D eigenvalue weighted by molar-refractivity contribution is 6.00. The molecule has 0 radical (unpaired) electrons. The average molecular weight is 361 g/mol. The summed E-state index contributed by atoms with van der Waals surface area (Å²) in [5, 5.41) is 9.17. The molecule has 1 aliphatic carbocycles. The lowest BCUT2D eigenvalue weighted by atomic mass is 9.71. The molecule has 0 heterocycles. The van der Waals surface area contributed by atoms with Gasteiger partial charge in [0.15, 0.2) is 5.78 Å². The number of rotatable bonds is 8. The predicted octanol–water partition coefficient (Wildman–Crippen LogP) is 5.97. The maximum atomic E-state index is 13.4. The van der Waals surface area contributed by atoms with Crippen LogP contribution in [0.4, 0.5) is 0 Å². The van der Waals surface area contributed by atoms with Gasteiger partial charge in [-0.15, -0.1) is 0 Å². The third-order valence-corrected chi connectivity index (χ3v) is 5.15. The van der Waals surface area contributed by atoms with Crippen molar-refractivity contribution in [1.29, 1.82) is 0 Å². The summed E-state index contributed by atoms with van der Waals surface area (Å²) >= 11 is 0. The normalized spacial score (nSPS) is 21.5. The Hall–Kier alpha value is -1.64. The summed E-state index contributed by atoms with van der Waals surface area (Å²) in [5.41, 5.74) is 1.23. The molecule has 0 aromatic heterocycles. The Morgan fingerprint density at radius 3 is 2.23 bits per heavy atom. The van der Waals surface area contributed by atoms with Gasteiger partial charge in [0.1, 0.15) is 0 Å². The molecule has 0 amide bonds. The Bertz CT molecular complexity index is 612. The second-order valence-corrected chi connectivity index (χ2v) is 9.39. The monoisotopic (exact) mass is 360 g/mol. The Kier molecular flexibility index (Phi) is 7.61. The fraction of sp³-hybridized carbons (Fsp3) is 0.652. The molecule has 1 aliphatic rings. The van der Waals surface area contributed by atoms with Crippen LogP contribution in [0.5, 0.6) is 0 Å². The van der Waals surface area contributed by atoms with Crippen LogP contribution < -0.4 is 0 Å². The highest BCUT2D eigenvalue weighted by Gasteiger charge is 2.34. The first-order valence-corrected chi connectivity index (χ1v) is 9.77. The van der Waals surface area contributed by atoms with Crippen LogP contribution in [0, 0.1) is 22.7 Å². The van der Waals surface area contributed by atoms with Crippen LogP contribution in [0.2, 0.25) is 0 Å². The molecule has 2 atom stereocenters. The predicted molar refractivity (Wildman–Crippen MR) is 108 cm³/mol. The summed E-state index contributed by atoms with van der Waals surface area (Å²) in [7, 11) is 0. The number of carboxylic acid groups (broad SMARTS) is 1. The van der Waals surface area contributed by atoms with E-state index in [-0.39, 0.29) is 34.0 Å². The molecule has 0 spiro atoms. The standard InChI is InChI=1S/C23H36O3/c1-8-13-23(6,7)19(10-9-14-22(3,4)5)20(24)18-12-11-17(21(25)26)15-16(18)2/h10-12,15-16,18H,8-9,13-14H2,1-7H3,(H,25,26). The number of Topliss-reactive ketones (excluding diaryl/α,β-unsaturated/α-hetero) is 1. The molecule has 1 rings (SSSR count). The third-order valence-electron chi connectivity index (χ3n) is 5.15. The molecule has 0 fully saturated rings. The number of hydrogen-bond donors (Lipinski definition) is 1. The quantitative estimate of drug-likeness (QED) is 0.543. The molecule has 3 heteroatoms. The second kappa shape index (κ2) is 8.83. The maximum absolute atomic E-state index is 13.4. The van der Waals surface area contributed by atoms with Gasteiger partial charge in [0.2, 0.25) is 0 Å². The smallest absolute Gasteiger partial charge is 0.335 e. The summed E-state index contributed by atoms with van der Waals surface area (Å²) in [4.78, 5) is 24.5. The molecule has 26 heavy (non-hydrogen) atoms. The molecule has 2 unspecified atom stereocenters. The van der Waals surface area contributed by atoms with Gasteiger partial charge in [0.25, 0.3) is 0 Å². The molecule has 0 bridgehead atoms. The first-order chi connectivity index (χ1) is 11.9. The van der Waals surface area contributed by atoms with Crippen molar-refractivity contribution in [2.75, 3.05) is 0 Å². The van der Waals surface area contributed by atoms with Crippen LogP contribution >= 0.6 is 0 Å². The van der Waals surface area contributed by atoms with Crippen LogP contribution in [0.3, 0.4) is 0 Å². The lowest BCUT2D eigenvalue weighted by molar-refractivity contribution is -0.132. The molecule has 1 N–H and O–H groups in total. The van der Waals surface area contributed by atoms with Crippen molar-refractivity contribution in [3.8, 4) is 0 Å². The van der Waals surface area contributed by atoms with E-state index in [0.29, 0.717) is 0 Å². The summed E-state index contributed by atoms with van der Waals surface area (Å²) in [5.74, 6) is -1.19. The number of carbonyl (C=O) groups excluding carboxylic acids is 1. The lowest BCUT2D eigenvalue weighted by Crippen LogP contribution is -2.30. The number of aliphatic carboxylic acids is 1. The average Bonchev–Trinajstić information content (AvgIpc) is 2.49. The fourth-order valence-corrected chi connectivity index (χ4v) is 3.59. The van der Waals surface area contributed by atoms with E-state index in [2.05, 4.69) is 47.6 Å². The van der Waals surface area contributed by atoms with E-state index in [0.717, 1.165) is 31.3 Å². The van der Waals surface area contributed by atoms with E-state index >= 15 is 0 Å². The number of hydrogen-bond acceptors (Lipinski definition) is 2. The zero-order chi connectivity index (χ0) is 20.1. The Morgan fingerprint density at radius 1 is 1.15 bits per heavy atom. The van der Waals surface area contributed by atoms with E-state index in [9.17, 15) is 9.59 Å². The van der Waals surface area contributed by atoms with E-state index in [1.807, 2.05) is 6.92 Å². The van der Waals surface area contributed by atoms with Crippen LogP contribution in [0.1, 0.15) is 74.1 Å². The lowest BCUT2D eigenvalue weighted by Gasteiger charge is -2.31. The Labute approximate surface area is 159 Å². The van der Waals surface area contributed by atoms with Gasteiger partial charge >= 0.3 is 5.97 Å². The van der Waals surface area contributed by atoms with Crippen LogP contribution in [-0.2, 0) is 9.59 Å². The zero-order valence-corrected chi connectivity index (χ0v) is 17.6. The van der Waals surface area contributed by atoms with E-state index in [4.69, 9.17) is 5.11 Å². The van der Waals surface area contributed by atoms with Crippen LogP contribution in [-0.4, -0.2) is 16.9 Å². The molecular formula is C23H36O3. The molecule has 3 nitrogen and oxygen atoms in total. The molecule has 0 aromatic rings. The van der Waals surface area contributed by atoms with Crippen LogP contribution in [0.15, 0.2) is 35.5 Å².